The van der Waals surface area contributed by atoms with Gasteiger partial charge in [-0.25, -0.2) is 4.98 Å². The van der Waals surface area contributed by atoms with Crippen LogP contribution < -0.4 is 4.90 Å². The third-order valence-corrected chi connectivity index (χ3v) is 3.01. The number of Topliss-reactive ketones (excluding diaryl/α,β-unsaturated/α-hetero) is 1. The first-order valence-corrected chi connectivity index (χ1v) is 6.30. The number of imidazole rings is 1. The van der Waals surface area contributed by atoms with Gasteiger partial charge in [0, 0.05) is 31.0 Å². The van der Waals surface area contributed by atoms with Crippen molar-refractivity contribution in [2.45, 2.75) is 20.3 Å². The summed E-state index contributed by atoms with van der Waals surface area (Å²) >= 11 is 0. The van der Waals surface area contributed by atoms with Crippen LogP contribution in [0.1, 0.15) is 18.4 Å². The second-order valence-corrected chi connectivity index (χ2v) is 4.98. The molecule has 0 aliphatic carbocycles. The number of carbonyl (C=O) groups is 1. The van der Waals surface area contributed by atoms with Crippen molar-refractivity contribution in [3.05, 3.63) is 35.8 Å². The van der Waals surface area contributed by atoms with Crippen molar-refractivity contribution in [3.63, 3.8) is 0 Å². The minimum atomic E-state index is 0.114. The maximum Gasteiger partial charge on any atom is 0.137 e. The minimum absolute atomic E-state index is 0.114. The summed E-state index contributed by atoms with van der Waals surface area (Å²) in [5.41, 5.74) is 4.13. The Morgan fingerprint density at radius 1 is 1.26 bits per heavy atom. The highest BCUT2D eigenvalue weighted by Crippen LogP contribution is 2.23. The number of rotatable bonds is 4. The van der Waals surface area contributed by atoms with Gasteiger partial charge in [-0.3, -0.25) is 4.79 Å². The van der Waals surface area contributed by atoms with Gasteiger partial charge in [-0.15, -0.1) is 0 Å². The number of aryl methyl sites for hydroxylation is 1. The van der Waals surface area contributed by atoms with Crippen LogP contribution in [0.2, 0.25) is 0 Å². The van der Waals surface area contributed by atoms with E-state index in [9.17, 15) is 4.79 Å². The van der Waals surface area contributed by atoms with E-state index in [2.05, 4.69) is 39.1 Å². The summed E-state index contributed by atoms with van der Waals surface area (Å²) in [4.78, 5) is 20.9. The van der Waals surface area contributed by atoms with Crippen molar-refractivity contribution in [3.8, 4) is 11.3 Å². The Morgan fingerprint density at radius 3 is 2.42 bits per heavy atom. The molecule has 100 valence electrons. The van der Waals surface area contributed by atoms with Gasteiger partial charge in [0.2, 0.25) is 0 Å². The lowest BCUT2D eigenvalue weighted by molar-refractivity contribution is -0.116. The lowest BCUT2D eigenvalue weighted by Gasteiger charge is -2.12. The van der Waals surface area contributed by atoms with Gasteiger partial charge in [-0.1, -0.05) is 12.1 Å². The molecule has 0 spiro atoms. The Bertz CT molecular complexity index is 582. The molecule has 1 heterocycles. The molecule has 1 N–H and O–H groups in total. The van der Waals surface area contributed by atoms with E-state index >= 15 is 0 Å². The van der Waals surface area contributed by atoms with Crippen LogP contribution in [0.5, 0.6) is 0 Å². The van der Waals surface area contributed by atoms with E-state index in [-0.39, 0.29) is 5.78 Å². The average molecular weight is 257 g/mol. The molecule has 4 heteroatoms. The number of ketones is 1. The molecule has 4 nitrogen and oxygen atoms in total. The van der Waals surface area contributed by atoms with Gasteiger partial charge in [0.05, 0.1) is 12.1 Å². The number of carbonyl (C=O) groups excluding carboxylic acids is 1. The molecule has 1 aromatic heterocycles. The quantitative estimate of drug-likeness (QED) is 0.915. The van der Waals surface area contributed by atoms with E-state index < -0.39 is 0 Å². The predicted octanol–water partition coefficient (Wildman–Crippen LogP) is 2.58. The van der Waals surface area contributed by atoms with Gasteiger partial charge in [-0.05, 0) is 26.0 Å². The van der Waals surface area contributed by atoms with Crippen LogP contribution in [0.4, 0.5) is 5.69 Å². The molecule has 2 rings (SSSR count). The second kappa shape index (κ2) is 5.26. The van der Waals surface area contributed by atoms with Crippen LogP contribution in [0.15, 0.2) is 24.3 Å². The molecule has 19 heavy (non-hydrogen) atoms. The van der Waals surface area contributed by atoms with Crippen LogP contribution in [-0.2, 0) is 11.2 Å². The summed E-state index contributed by atoms with van der Waals surface area (Å²) in [6, 6.07) is 8.23. The summed E-state index contributed by atoms with van der Waals surface area (Å²) < 4.78 is 0. The standard InChI is InChI=1S/C15H19N3O/c1-10(19)9-14-16-11(2)15(17-14)12-5-7-13(8-6-12)18(3)4/h5-8H,9H2,1-4H3,(H,16,17). The van der Waals surface area contributed by atoms with Crippen LogP contribution >= 0.6 is 0 Å². The van der Waals surface area contributed by atoms with Crippen molar-refractivity contribution in [2.24, 2.45) is 0 Å². The van der Waals surface area contributed by atoms with Crippen molar-refractivity contribution in [2.75, 3.05) is 19.0 Å². The average Bonchev–Trinajstić information content (AvgIpc) is 2.69. The summed E-state index contributed by atoms with van der Waals surface area (Å²) in [7, 11) is 4.03. The topological polar surface area (TPSA) is 49.0 Å². The van der Waals surface area contributed by atoms with Crippen molar-refractivity contribution in [1.82, 2.24) is 9.97 Å². The van der Waals surface area contributed by atoms with E-state index in [1.54, 1.807) is 6.92 Å². The fourth-order valence-corrected chi connectivity index (χ4v) is 2.04. The molecule has 0 bridgehead atoms. The summed E-state index contributed by atoms with van der Waals surface area (Å²) in [6.07, 6.45) is 0.358. The molecule has 0 unspecified atom stereocenters. The molecule has 0 aliphatic heterocycles. The Morgan fingerprint density at radius 2 is 1.89 bits per heavy atom. The number of nitrogens with one attached hydrogen (secondary N) is 1. The van der Waals surface area contributed by atoms with E-state index in [1.165, 1.54) is 0 Å². The number of benzene rings is 1. The molecular weight excluding hydrogens is 238 g/mol. The number of hydrogen-bond acceptors (Lipinski definition) is 3. The number of hydrogen-bond donors (Lipinski definition) is 1. The Kier molecular flexibility index (Phi) is 3.69. The summed E-state index contributed by atoms with van der Waals surface area (Å²) in [6.45, 7) is 3.55. The Hall–Kier alpha value is -2.10. The van der Waals surface area contributed by atoms with Crippen molar-refractivity contribution >= 4 is 11.5 Å². The Labute approximate surface area is 113 Å². The molecule has 2 aromatic rings. The number of aromatic nitrogens is 2. The van der Waals surface area contributed by atoms with E-state index in [1.807, 2.05) is 21.0 Å². The third-order valence-electron chi connectivity index (χ3n) is 3.01. The zero-order chi connectivity index (χ0) is 14.0. The largest absolute Gasteiger partial charge is 0.378 e. The lowest BCUT2D eigenvalue weighted by Crippen LogP contribution is -2.07. The van der Waals surface area contributed by atoms with Crippen LogP contribution in [0, 0.1) is 6.92 Å². The van der Waals surface area contributed by atoms with Gasteiger partial charge in [0.15, 0.2) is 0 Å². The van der Waals surface area contributed by atoms with E-state index in [0.29, 0.717) is 6.42 Å². The molecule has 0 saturated heterocycles. The first-order valence-electron chi connectivity index (χ1n) is 6.30. The highest BCUT2D eigenvalue weighted by molar-refractivity contribution is 5.77. The second-order valence-electron chi connectivity index (χ2n) is 4.98. The monoisotopic (exact) mass is 257 g/mol. The smallest absolute Gasteiger partial charge is 0.137 e. The maximum atomic E-state index is 11.1. The molecule has 0 radical (unpaired) electrons. The fraction of sp³-hybridized carbons (Fsp3) is 0.333. The van der Waals surface area contributed by atoms with Gasteiger partial charge < -0.3 is 9.88 Å². The SMILES string of the molecule is CC(=O)Cc1nc(-c2ccc(N(C)C)cc2)c(C)[nH]1. The molecule has 0 amide bonds. The van der Waals surface area contributed by atoms with Crippen molar-refractivity contribution in [1.29, 1.82) is 0 Å². The molecule has 1 aromatic carbocycles. The van der Waals surface area contributed by atoms with Crippen LogP contribution in [0.25, 0.3) is 11.3 Å². The zero-order valence-electron chi connectivity index (χ0n) is 11.8. The molecular formula is C15H19N3O. The number of nitrogens with zero attached hydrogens (tertiary/aromatic N) is 2. The first kappa shape index (κ1) is 13.3. The van der Waals surface area contributed by atoms with Gasteiger partial charge in [0.25, 0.3) is 0 Å². The van der Waals surface area contributed by atoms with Gasteiger partial charge >= 0.3 is 0 Å². The predicted molar refractivity (Wildman–Crippen MR) is 77.5 cm³/mol. The number of H-pyrrole nitrogens is 1. The molecule has 0 fully saturated rings. The zero-order valence-corrected chi connectivity index (χ0v) is 11.8. The minimum Gasteiger partial charge on any atom is -0.378 e. The number of anilines is 1. The van der Waals surface area contributed by atoms with Gasteiger partial charge in [-0.2, -0.15) is 0 Å². The number of aromatic amines is 1. The fourth-order valence-electron chi connectivity index (χ4n) is 2.04. The van der Waals surface area contributed by atoms with E-state index in [4.69, 9.17) is 0 Å². The summed E-state index contributed by atoms with van der Waals surface area (Å²) in [5.74, 6) is 0.847. The molecule has 0 saturated carbocycles. The maximum absolute atomic E-state index is 11.1. The molecule has 0 aliphatic rings. The van der Waals surface area contributed by atoms with E-state index in [0.717, 1.165) is 28.5 Å². The third kappa shape index (κ3) is 3.02. The van der Waals surface area contributed by atoms with Gasteiger partial charge in [0.1, 0.15) is 11.6 Å². The van der Waals surface area contributed by atoms with Crippen LogP contribution in [-0.4, -0.2) is 29.8 Å². The highest BCUT2D eigenvalue weighted by atomic mass is 16.1. The normalized spacial score (nSPS) is 10.5. The molecule has 0 atom stereocenters. The Balaban J connectivity index is 2.30. The van der Waals surface area contributed by atoms with Crippen LogP contribution in [0.3, 0.4) is 0 Å². The van der Waals surface area contributed by atoms with Crippen molar-refractivity contribution < 1.29 is 4.79 Å². The lowest BCUT2D eigenvalue weighted by atomic mass is 10.1. The first-order chi connectivity index (χ1) is 8.97. The summed E-state index contributed by atoms with van der Waals surface area (Å²) in [5, 5.41) is 0. The highest BCUT2D eigenvalue weighted by Gasteiger charge is 2.10.